The molecule has 5 heteroatoms. The number of nitro groups is 1. The Hall–Kier alpha value is -1.10. The number of para-hydroxylation sites is 1. The Bertz CT molecular complexity index is 314. The van der Waals surface area contributed by atoms with Crippen molar-refractivity contribution in [1.82, 2.24) is 0 Å². The predicted molar refractivity (Wildman–Crippen MR) is 50.4 cm³/mol. The number of hydrogen-bond donors (Lipinski definition) is 1. The lowest BCUT2D eigenvalue weighted by atomic mass is 10.2. The van der Waals surface area contributed by atoms with Crippen molar-refractivity contribution < 1.29 is 4.92 Å². The Morgan fingerprint density at radius 3 is 2.67 bits per heavy atom. The molecular formula is C7H7BrN2O2. The number of nitro benzene ring substituents is 1. The second-order valence-corrected chi connectivity index (χ2v) is 2.72. The molecule has 0 heterocycles. The first-order chi connectivity index (χ1) is 5.66. The Kier molecular flexibility index (Phi) is 2.65. The van der Waals surface area contributed by atoms with E-state index in [-0.39, 0.29) is 5.69 Å². The molecule has 0 aliphatic rings. The molecule has 0 fully saturated rings. The molecule has 1 rings (SSSR count). The van der Waals surface area contributed by atoms with Gasteiger partial charge in [0.15, 0.2) is 0 Å². The summed E-state index contributed by atoms with van der Waals surface area (Å²) in [5, 5.41) is 10.5. The fourth-order valence-corrected chi connectivity index (χ4v) is 1.44. The summed E-state index contributed by atoms with van der Waals surface area (Å²) in [6.45, 7) is 1.80. The molecule has 4 nitrogen and oxygen atoms in total. The fourth-order valence-electron chi connectivity index (χ4n) is 0.927. The number of nitrogens with one attached hydrogen (secondary N) is 1. The summed E-state index contributed by atoms with van der Waals surface area (Å²) in [5.41, 5.74) is 1.41. The monoisotopic (exact) mass is 230 g/mol. The molecule has 64 valence electrons. The van der Waals surface area contributed by atoms with Crippen molar-refractivity contribution in [3.63, 3.8) is 0 Å². The number of nitrogens with zero attached hydrogens (tertiary/aromatic N) is 1. The van der Waals surface area contributed by atoms with Gasteiger partial charge >= 0.3 is 0 Å². The van der Waals surface area contributed by atoms with E-state index in [4.69, 9.17) is 0 Å². The second-order valence-electron chi connectivity index (χ2n) is 2.32. The Morgan fingerprint density at radius 1 is 1.58 bits per heavy atom. The first-order valence-electron chi connectivity index (χ1n) is 3.27. The smallest absolute Gasteiger partial charge is 0.293 e. The molecule has 0 amide bonds. The summed E-state index contributed by atoms with van der Waals surface area (Å²) in [7, 11) is 0. The van der Waals surface area contributed by atoms with E-state index in [9.17, 15) is 10.1 Å². The summed E-state index contributed by atoms with van der Waals surface area (Å²) in [6.07, 6.45) is 0. The van der Waals surface area contributed by atoms with E-state index in [1.807, 2.05) is 0 Å². The van der Waals surface area contributed by atoms with Crippen LogP contribution in [0, 0.1) is 17.0 Å². The highest BCUT2D eigenvalue weighted by Gasteiger charge is 2.13. The van der Waals surface area contributed by atoms with Crippen molar-refractivity contribution in [1.29, 1.82) is 0 Å². The molecule has 1 aromatic carbocycles. The number of rotatable bonds is 2. The highest BCUT2D eigenvalue weighted by molar-refractivity contribution is 9.10. The number of aryl methyl sites for hydroxylation is 1. The molecule has 0 saturated heterocycles. The van der Waals surface area contributed by atoms with E-state index >= 15 is 0 Å². The Balaban J connectivity index is 3.27. The van der Waals surface area contributed by atoms with Crippen molar-refractivity contribution in [3.8, 4) is 0 Å². The molecule has 0 bridgehead atoms. The van der Waals surface area contributed by atoms with E-state index in [1.165, 1.54) is 6.07 Å². The zero-order valence-electron chi connectivity index (χ0n) is 6.37. The minimum Gasteiger partial charge on any atom is -0.316 e. The van der Waals surface area contributed by atoms with Gasteiger partial charge in [0.1, 0.15) is 5.69 Å². The van der Waals surface area contributed by atoms with Crippen molar-refractivity contribution in [2.45, 2.75) is 6.92 Å². The number of benzene rings is 1. The summed E-state index contributed by atoms with van der Waals surface area (Å²) in [4.78, 5) is 10.1. The first kappa shape index (κ1) is 8.99. The third-order valence-corrected chi connectivity index (χ3v) is 1.94. The molecule has 0 aliphatic carbocycles. The molecule has 0 aliphatic heterocycles. The minimum atomic E-state index is -0.420. The summed E-state index contributed by atoms with van der Waals surface area (Å²) >= 11 is 2.97. The summed E-state index contributed by atoms with van der Waals surface area (Å²) < 4.78 is 2.62. The van der Waals surface area contributed by atoms with Crippen LogP contribution >= 0.6 is 16.1 Å². The van der Waals surface area contributed by atoms with Gasteiger partial charge in [-0.3, -0.25) is 10.1 Å². The van der Waals surface area contributed by atoms with E-state index in [1.54, 1.807) is 19.1 Å². The molecule has 0 radical (unpaired) electrons. The average molecular weight is 231 g/mol. The van der Waals surface area contributed by atoms with Crippen LogP contribution in [0.2, 0.25) is 0 Å². The first-order valence-corrected chi connectivity index (χ1v) is 4.06. The van der Waals surface area contributed by atoms with Crippen LogP contribution in [0.4, 0.5) is 11.4 Å². The van der Waals surface area contributed by atoms with E-state index < -0.39 is 4.92 Å². The van der Waals surface area contributed by atoms with Gasteiger partial charge in [0.2, 0.25) is 0 Å². The number of anilines is 1. The van der Waals surface area contributed by atoms with Crippen molar-refractivity contribution in [2.24, 2.45) is 0 Å². The molecule has 0 atom stereocenters. The molecule has 1 aromatic rings. The van der Waals surface area contributed by atoms with Gasteiger partial charge in [-0.05, 0) is 12.5 Å². The maximum Gasteiger partial charge on any atom is 0.293 e. The minimum absolute atomic E-state index is 0.0758. The molecule has 0 saturated carbocycles. The maximum absolute atomic E-state index is 10.5. The normalized spacial score (nSPS) is 9.50. The molecule has 0 aromatic heterocycles. The van der Waals surface area contributed by atoms with E-state index in [0.717, 1.165) is 5.56 Å². The zero-order valence-corrected chi connectivity index (χ0v) is 7.96. The topological polar surface area (TPSA) is 55.2 Å². The quantitative estimate of drug-likeness (QED) is 0.483. The van der Waals surface area contributed by atoms with Crippen LogP contribution in [0.1, 0.15) is 5.56 Å². The van der Waals surface area contributed by atoms with Crippen LogP contribution in [0.25, 0.3) is 0 Å². The van der Waals surface area contributed by atoms with Gasteiger partial charge < -0.3 is 4.34 Å². The highest BCUT2D eigenvalue weighted by atomic mass is 79.9. The van der Waals surface area contributed by atoms with Crippen LogP contribution in [0.3, 0.4) is 0 Å². The van der Waals surface area contributed by atoms with Crippen LogP contribution < -0.4 is 4.34 Å². The van der Waals surface area contributed by atoms with Crippen LogP contribution in [-0.4, -0.2) is 4.92 Å². The molecule has 1 N–H and O–H groups in total. The third-order valence-electron chi connectivity index (χ3n) is 1.54. The van der Waals surface area contributed by atoms with Gasteiger partial charge in [-0.2, -0.15) is 0 Å². The summed E-state index contributed by atoms with van der Waals surface area (Å²) in [6, 6.07) is 4.91. The van der Waals surface area contributed by atoms with E-state index in [2.05, 4.69) is 20.5 Å². The van der Waals surface area contributed by atoms with Crippen molar-refractivity contribution >= 4 is 27.5 Å². The standard InChI is InChI=1S/C7H7BrN2O2/c1-5-3-2-4-6(10(11)12)7(5)9-8/h2-4,9H,1H3. The van der Waals surface area contributed by atoms with Gasteiger partial charge in [-0.25, -0.2) is 0 Å². The van der Waals surface area contributed by atoms with Gasteiger partial charge in [0.05, 0.1) is 4.92 Å². The number of hydrogen-bond acceptors (Lipinski definition) is 3. The SMILES string of the molecule is Cc1cccc([N+](=O)[O-])c1NBr. The molecule has 12 heavy (non-hydrogen) atoms. The largest absolute Gasteiger partial charge is 0.316 e. The lowest BCUT2D eigenvalue weighted by Gasteiger charge is -2.02. The molecule has 0 unspecified atom stereocenters. The van der Waals surface area contributed by atoms with Crippen molar-refractivity contribution in [3.05, 3.63) is 33.9 Å². The van der Waals surface area contributed by atoms with E-state index in [0.29, 0.717) is 5.69 Å². The van der Waals surface area contributed by atoms with Gasteiger partial charge in [0, 0.05) is 22.2 Å². The Labute approximate surface area is 78.1 Å². The Morgan fingerprint density at radius 2 is 2.25 bits per heavy atom. The van der Waals surface area contributed by atoms with Crippen LogP contribution in [-0.2, 0) is 0 Å². The number of halogens is 1. The average Bonchev–Trinajstić information content (AvgIpc) is 2.03. The summed E-state index contributed by atoms with van der Waals surface area (Å²) in [5.74, 6) is 0. The third kappa shape index (κ3) is 1.55. The predicted octanol–water partition coefficient (Wildman–Crippen LogP) is 2.63. The molecular weight excluding hydrogens is 224 g/mol. The highest BCUT2D eigenvalue weighted by Crippen LogP contribution is 2.28. The fraction of sp³-hybridized carbons (Fsp3) is 0.143. The lowest BCUT2D eigenvalue weighted by molar-refractivity contribution is -0.383. The van der Waals surface area contributed by atoms with Gasteiger partial charge in [-0.15, -0.1) is 0 Å². The van der Waals surface area contributed by atoms with Crippen LogP contribution in [0.5, 0.6) is 0 Å². The van der Waals surface area contributed by atoms with Crippen LogP contribution in [0.15, 0.2) is 18.2 Å². The lowest BCUT2D eigenvalue weighted by Crippen LogP contribution is -1.94. The van der Waals surface area contributed by atoms with Crippen molar-refractivity contribution in [2.75, 3.05) is 4.34 Å². The maximum atomic E-state index is 10.5. The molecule has 0 spiro atoms. The second kappa shape index (κ2) is 3.53. The zero-order chi connectivity index (χ0) is 9.14. The van der Waals surface area contributed by atoms with Gasteiger partial charge in [0.25, 0.3) is 5.69 Å². The van der Waals surface area contributed by atoms with Gasteiger partial charge in [-0.1, -0.05) is 12.1 Å².